The van der Waals surface area contributed by atoms with Gasteiger partial charge in [-0.3, -0.25) is 4.79 Å². The maximum atomic E-state index is 13.0. The van der Waals surface area contributed by atoms with E-state index in [-0.39, 0.29) is 12.1 Å². The number of para-hydroxylation sites is 1. The number of carbonyl (C=O) groups excluding carboxylic acids is 1. The van der Waals surface area contributed by atoms with Crippen LogP contribution in [-0.2, 0) is 4.74 Å². The lowest BCUT2D eigenvalue weighted by molar-refractivity contribution is 0.0660. The number of ether oxygens (including phenoxy) is 2. The summed E-state index contributed by atoms with van der Waals surface area (Å²) < 4.78 is 10.8. The smallest absolute Gasteiger partial charge is 0.257 e. The monoisotopic (exact) mass is 366 g/mol. The molecular weight excluding hydrogens is 340 g/mol. The van der Waals surface area contributed by atoms with Crippen LogP contribution in [0.3, 0.4) is 0 Å². The van der Waals surface area contributed by atoms with Crippen molar-refractivity contribution in [3.63, 3.8) is 0 Å². The van der Waals surface area contributed by atoms with Crippen LogP contribution in [0.2, 0.25) is 0 Å². The molecule has 0 saturated heterocycles. The van der Waals surface area contributed by atoms with Crippen molar-refractivity contribution in [2.75, 3.05) is 32.2 Å². The number of benzene rings is 2. The van der Waals surface area contributed by atoms with Gasteiger partial charge in [-0.25, -0.2) is 0 Å². The van der Waals surface area contributed by atoms with E-state index in [4.69, 9.17) is 9.47 Å². The first kappa shape index (κ1) is 19.0. The van der Waals surface area contributed by atoms with Gasteiger partial charge in [0.05, 0.1) is 5.56 Å². The van der Waals surface area contributed by atoms with Crippen LogP contribution in [0.1, 0.15) is 35.4 Å². The number of methoxy groups -OCH3 is 1. The van der Waals surface area contributed by atoms with Gasteiger partial charge in [-0.1, -0.05) is 30.8 Å². The molecule has 1 amide bonds. The van der Waals surface area contributed by atoms with Gasteiger partial charge in [-0.05, 0) is 48.7 Å². The molecule has 0 aromatic heterocycles. The van der Waals surface area contributed by atoms with E-state index < -0.39 is 0 Å². The third-order valence-corrected chi connectivity index (χ3v) is 4.45. The fourth-order valence-corrected chi connectivity index (χ4v) is 3.12. The lowest BCUT2D eigenvalue weighted by Crippen LogP contribution is -2.43. The number of fused-ring (bicyclic) bond motifs is 1. The zero-order chi connectivity index (χ0) is 19.2. The zero-order valence-electron chi connectivity index (χ0n) is 15.9. The van der Waals surface area contributed by atoms with Gasteiger partial charge in [0.2, 0.25) is 0 Å². The Labute approximate surface area is 160 Å². The summed E-state index contributed by atoms with van der Waals surface area (Å²) in [4.78, 5) is 14.9. The Balaban J connectivity index is 1.84. The number of nitrogens with one attached hydrogen (secondary N) is 1. The third-order valence-electron chi connectivity index (χ3n) is 4.45. The summed E-state index contributed by atoms with van der Waals surface area (Å²) in [6, 6.07) is 15.5. The standard InChI is InChI=1S/C22H26N2O3/c1-16(2)15-27-18-11-9-17(10-12-18)21-23-20-8-5-4-7-19(20)22(25)24(21)13-6-14-26-3/h4-5,7-12,21,23H,1,6,13-15H2,2-3H3. The molecular formula is C22H26N2O3. The number of amides is 1. The molecule has 1 aliphatic heterocycles. The van der Waals surface area contributed by atoms with Crippen molar-refractivity contribution in [2.45, 2.75) is 19.5 Å². The number of rotatable bonds is 8. The lowest BCUT2D eigenvalue weighted by atomic mass is 10.0. The van der Waals surface area contributed by atoms with Crippen molar-refractivity contribution < 1.29 is 14.3 Å². The normalized spacial score (nSPS) is 15.9. The molecule has 1 N–H and O–H groups in total. The number of anilines is 1. The van der Waals surface area contributed by atoms with Gasteiger partial charge in [0.15, 0.2) is 0 Å². The van der Waals surface area contributed by atoms with Crippen LogP contribution in [-0.4, -0.2) is 37.7 Å². The second-order valence-electron chi connectivity index (χ2n) is 6.75. The highest BCUT2D eigenvalue weighted by Gasteiger charge is 2.32. The topological polar surface area (TPSA) is 50.8 Å². The molecule has 0 saturated carbocycles. The predicted molar refractivity (Wildman–Crippen MR) is 107 cm³/mol. The summed E-state index contributed by atoms with van der Waals surface area (Å²) in [5.74, 6) is 0.822. The minimum atomic E-state index is -0.223. The number of carbonyl (C=O) groups is 1. The first-order valence-electron chi connectivity index (χ1n) is 9.13. The molecule has 2 aromatic rings. The van der Waals surface area contributed by atoms with Gasteiger partial charge in [0.1, 0.15) is 18.5 Å². The summed E-state index contributed by atoms with van der Waals surface area (Å²) in [6.07, 6.45) is 0.557. The molecule has 5 nitrogen and oxygen atoms in total. The Kier molecular flexibility index (Phi) is 6.14. The van der Waals surface area contributed by atoms with E-state index in [1.54, 1.807) is 7.11 Å². The van der Waals surface area contributed by atoms with Crippen molar-refractivity contribution >= 4 is 11.6 Å². The highest BCUT2D eigenvalue weighted by Crippen LogP contribution is 2.33. The Morgan fingerprint density at radius 1 is 1.19 bits per heavy atom. The van der Waals surface area contributed by atoms with E-state index in [0.717, 1.165) is 29.0 Å². The fourth-order valence-electron chi connectivity index (χ4n) is 3.12. The SMILES string of the molecule is C=C(C)COc1ccc(C2Nc3ccccc3C(=O)N2CCCOC)cc1. The molecule has 2 aromatic carbocycles. The molecule has 5 heteroatoms. The van der Waals surface area contributed by atoms with E-state index in [9.17, 15) is 4.79 Å². The minimum absolute atomic E-state index is 0.0352. The van der Waals surface area contributed by atoms with Gasteiger partial charge < -0.3 is 19.7 Å². The number of nitrogens with zero attached hydrogens (tertiary/aromatic N) is 1. The van der Waals surface area contributed by atoms with Crippen molar-refractivity contribution in [3.8, 4) is 5.75 Å². The van der Waals surface area contributed by atoms with Crippen LogP contribution in [0.25, 0.3) is 0 Å². The summed E-state index contributed by atoms with van der Waals surface area (Å²) >= 11 is 0. The quantitative estimate of drug-likeness (QED) is 0.561. The molecule has 27 heavy (non-hydrogen) atoms. The summed E-state index contributed by atoms with van der Waals surface area (Å²) in [5, 5.41) is 3.50. The molecule has 142 valence electrons. The van der Waals surface area contributed by atoms with Crippen LogP contribution >= 0.6 is 0 Å². The van der Waals surface area contributed by atoms with Gasteiger partial charge in [-0.2, -0.15) is 0 Å². The van der Waals surface area contributed by atoms with E-state index in [0.29, 0.717) is 25.3 Å². The minimum Gasteiger partial charge on any atom is -0.489 e. The van der Waals surface area contributed by atoms with Crippen LogP contribution < -0.4 is 10.1 Å². The lowest BCUT2D eigenvalue weighted by Gasteiger charge is -2.38. The van der Waals surface area contributed by atoms with Gasteiger partial charge >= 0.3 is 0 Å². The van der Waals surface area contributed by atoms with Crippen LogP contribution in [0.15, 0.2) is 60.7 Å². The van der Waals surface area contributed by atoms with Crippen molar-refractivity contribution in [3.05, 3.63) is 71.8 Å². The Morgan fingerprint density at radius 2 is 1.93 bits per heavy atom. The third kappa shape index (κ3) is 4.49. The average Bonchev–Trinajstić information content (AvgIpc) is 2.68. The number of hydrogen-bond donors (Lipinski definition) is 1. The predicted octanol–water partition coefficient (Wildman–Crippen LogP) is 4.24. The van der Waals surface area contributed by atoms with Crippen LogP contribution in [0, 0.1) is 0 Å². The maximum absolute atomic E-state index is 13.0. The molecule has 0 radical (unpaired) electrons. The molecule has 0 spiro atoms. The first-order valence-corrected chi connectivity index (χ1v) is 9.13. The summed E-state index contributed by atoms with van der Waals surface area (Å²) in [5.41, 5.74) is 3.54. The van der Waals surface area contributed by atoms with Gasteiger partial charge in [0, 0.05) is 25.9 Å². The van der Waals surface area contributed by atoms with Crippen LogP contribution in [0.5, 0.6) is 5.75 Å². The summed E-state index contributed by atoms with van der Waals surface area (Å²) in [6.45, 7) is 7.51. The average molecular weight is 366 g/mol. The van der Waals surface area contributed by atoms with E-state index >= 15 is 0 Å². The molecule has 1 unspecified atom stereocenters. The molecule has 0 fully saturated rings. The first-order chi connectivity index (χ1) is 13.1. The second kappa shape index (κ2) is 8.73. The largest absolute Gasteiger partial charge is 0.489 e. The molecule has 1 atom stereocenters. The van der Waals surface area contributed by atoms with E-state index in [2.05, 4.69) is 11.9 Å². The van der Waals surface area contributed by atoms with Gasteiger partial charge in [0.25, 0.3) is 5.91 Å². The highest BCUT2D eigenvalue weighted by atomic mass is 16.5. The van der Waals surface area contributed by atoms with E-state index in [1.807, 2.05) is 60.4 Å². The fraction of sp³-hybridized carbons (Fsp3) is 0.318. The Hall–Kier alpha value is -2.79. The van der Waals surface area contributed by atoms with Crippen molar-refractivity contribution in [2.24, 2.45) is 0 Å². The Morgan fingerprint density at radius 3 is 2.63 bits per heavy atom. The van der Waals surface area contributed by atoms with Crippen molar-refractivity contribution in [1.82, 2.24) is 4.90 Å². The van der Waals surface area contributed by atoms with E-state index in [1.165, 1.54) is 0 Å². The molecule has 1 aliphatic rings. The zero-order valence-corrected chi connectivity index (χ0v) is 15.9. The van der Waals surface area contributed by atoms with Crippen molar-refractivity contribution in [1.29, 1.82) is 0 Å². The second-order valence-corrected chi connectivity index (χ2v) is 6.75. The maximum Gasteiger partial charge on any atom is 0.257 e. The highest BCUT2D eigenvalue weighted by molar-refractivity contribution is 6.01. The molecule has 1 heterocycles. The number of hydrogen-bond acceptors (Lipinski definition) is 4. The molecule has 3 rings (SSSR count). The summed E-state index contributed by atoms with van der Waals surface area (Å²) in [7, 11) is 1.67. The van der Waals surface area contributed by atoms with Gasteiger partial charge in [-0.15, -0.1) is 0 Å². The molecule has 0 aliphatic carbocycles. The molecule has 0 bridgehead atoms. The Bertz CT molecular complexity index is 801. The van der Waals surface area contributed by atoms with Crippen LogP contribution in [0.4, 0.5) is 5.69 Å².